The van der Waals surface area contributed by atoms with Crippen LogP contribution in [0.4, 0.5) is 0 Å². The van der Waals surface area contributed by atoms with E-state index in [1.807, 2.05) is 54.6 Å². The average Bonchev–Trinajstić information content (AvgIpc) is 3.71. The lowest BCUT2D eigenvalue weighted by molar-refractivity contribution is 0.672. The number of pyridine rings is 1. The van der Waals surface area contributed by atoms with Gasteiger partial charge >= 0.3 is 0 Å². The predicted octanol–water partition coefficient (Wildman–Crippen LogP) is 14.1. The molecule has 0 unspecified atom stereocenters. The Balaban J connectivity index is 1.10. The molecule has 5 nitrogen and oxygen atoms in total. The molecule has 9 aromatic carbocycles. The van der Waals surface area contributed by atoms with Crippen molar-refractivity contribution >= 4 is 65.2 Å². The molecule has 3 aromatic heterocycles. The Kier molecular flexibility index (Phi) is 7.47. The van der Waals surface area contributed by atoms with Crippen LogP contribution in [0, 0.1) is 0 Å². The second kappa shape index (κ2) is 13.3. The Morgan fingerprint density at radius 3 is 1.47 bits per heavy atom. The molecule has 0 saturated carbocycles. The minimum Gasteiger partial charge on any atom is -0.455 e. The molecule has 59 heavy (non-hydrogen) atoms. The molecule has 0 amide bonds. The van der Waals surface area contributed by atoms with Crippen LogP contribution in [-0.2, 0) is 0 Å². The largest absolute Gasteiger partial charge is 0.455 e. The van der Waals surface area contributed by atoms with Crippen LogP contribution in [0.15, 0.2) is 199 Å². The second-order valence-electron chi connectivity index (χ2n) is 14.9. The maximum Gasteiger partial charge on any atom is 0.164 e. The lowest BCUT2D eigenvalue weighted by atomic mass is 9.92. The molecule has 0 bridgehead atoms. The number of nitrogens with zero attached hydrogens (tertiary/aromatic N) is 4. The van der Waals surface area contributed by atoms with Crippen LogP contribution in [0.5, 0.6) is 0 Å². The highest BCUT2D eigenvalue weighted by Gasteiger charge is 2.23. The van der Waals surface area contributed by atoms with Crippen LogP contribution in [0.3, 0.4) is 0 Å². The zero-order valence-corrected chi connectivity index (χ0v) is 31.7. The first-order valence-corrected chi connectivity index (χ1v) is 19.8. The first-order chi connectivity index (χ1) is 29.2. The molecule has 0 radical (unpaired) electrons. The Morgan fingerprint density at radius 2 is 0.797 bits per heavy atom. The Labute approximate surface area is 338 Å². The van der Waals surface area contributed by atoms with Gasteiger partial charge in [0.05, 0.1) is 22.0 Å². The number of rotatable bonds is 5. The van der Waals surface area contributed by atoms with Gasteiger partial charge in [-0.3, -0.25) is 0 Å². The predicted molar refractivity (Wildman–Crippen MR) is 242 cm³/mol. The molecule has 274 valence electrons. The number of furan rings is 1. The molecule has 0 saturated heterocycles. The van der Waals surface area contributed by atoms with Crippen LogP contribution in [0.25, 0.3) is 122 Å². The monoisotopic (exact) mass is 752 g/mol. The zero-order chi connectivity index (χ0) is 38.9. The van der Waals surface area contributed by atoms with Crippen molar-refractivity contribution in [3.8, 4) is 56.5 Å². The van der Waals surface area contributed by atoms with Gasteiger partial charge in [0.2, 0.25) is 0 Å². The molecule has 0 aliphatic rings. The van der Waals surface area contributed by atoms with E-state index in [0.29, 0.717) is 17.5 Å². The highest BCUT2D eigenvalue weighted by molar-refractivity contribution is 6.27. The fourth-order valence-corrected chi connectivity index (χ4v) is 8.74. The minimum atomic E-state index is 0.548. The van der Waals surface area contributed by atoms with Gasteiger partial charge in [-0.05, 0) is 61.6 Å². The summed E-state index contributed by atoms with van der Waals surface area (Å²) in [7, 11) is 0. The quantitative estimate of drug-likeness (QED) is 0.164. The third-order valence-electron chi connectivity index (χ3n) is 11.5. The lowest BCUT2D eigenvalue weighted by Crippen LogP contribution is -2.01. The molecular weight excluding hydrogens is 721 g/mol. The molecule has 0 aliphatic carbocycles. The van der Waals surface area contributed by atoms with Crippen LogP contribution in [-0.4, -0.2) is 19.9 Å². The zero-order valence-electron chi connectivity index (χ0n) is 31.7. The Morgan fingerprint density at radius 1 is 0.305 bits per heavy atom. The van der Waals surface area contributed by atoms with Crippen molar-refractivity contribution in [3.63, 3.8) is 0 Å². The smallest absolute Gasteiger partial charge is 0.164 e. The van der Waals surface area contributed by atoms with Crippen molar-refractivity contribution in [1.29, 1.82) is 0 Å². The maximum atomic E-state index is 6.88. The molecule has 5 heteroatoms. The van der Waals surface area contributed by atoms with E-state index in [1.165, 1.54) is 32.3 Å². The van der Waals surface area contributed by atoms with Gasteiger partial charge < -0.3 is 4.42 Å². The van der Waals surface area contributed by atoms with Gasteiger partial charge in [-0.25, -0.2) is 19.9 Å². The fraction of sp³-hybridized carbons (Fsp3) is 0. The van der Waals surface area contributed by atoms with E-state index in [9.17, 15) is 0 Å². The Hall–Kier alpha value is -8.02. The van der Waals surface area contributed by atoms with E-state index in [1.54, 1.807) is 0 Å². The maximum absolute atomic E-state index is 6.88. The summed E-state index contributed by atoms with van der Waals surface area (Å²) in [6, 6.07) is 67.4. The Bertz CT molecular complexity index is 3560. The van der Waals surface area contributed by atoms with Gasteiger partial charge in [0.25, 0.3) is 0 Å². The van der Waals surface area contributed by atoms with Crippen LogP contribution in [0.2, 0.25) is 0 Å². The summed E-state index contributed by atoms with van der Waals surface area (Å²) < 4.78 is 6.88. The standard InChI is InChI=1S/C54H32N4O/c1-3-14-33(15-4-1)34-26-28-36(29-27-34)53-56-52(35-16-5-2-6-17-35)57-54(58-53)44-23-13-24-46-48(44)51-49(43-22-11-12-25-47(43)59-51)50(55-46)37-30-31-42-40-20-8-7-18-38(40)39-19-9-10-21-41(39)45(42)32-37/h1-32H. The van der Waals surface area contributed by atoms with Crippen molar-refractivity contribution in [2.75, 3.05) is 0 Å². The van der Waals surface area contributed by atoms with Crippen molar-refractivity contribution in [2.45, 2.75) is 0 Å². The van der Waals surface area contributed by atoms with E-state index in [2.05, 4.69) is 140 Å². The summed E-state index contributed by atoms with van der Waals surface area (Å²) >= 11 is 0. The number of aromatic nitrogens is 4. The minimum absolute atomic E-state index is 0.548. The number of fused-ring (bicyclic) bond motifs is 11. The van der Waals surface area contributed by atoms with Crippen LogP contribution >= 0.6 is 0 Å². The van der Waals surface area contributed by atoms with Gasteiger partial charge in [0, 0.05) is 27.6 Å². The molecule has 12 rings (SSSR count). The molecule has 3 heterocycles. The first kappa shape index (κ1) is 33.2. The average molecular weight is 753 g/mol. The topological polar surface area (TPSA) is 64.7 Å². The van der Waals surface area contributed by atoms with Crippen molar-refractivity contribution in [1.82, 2.24) is 19.9 Å². The SMILES string of the molecule is c1ccc(-c2ccc(-c3nc(-c4ccccc4)nc(-c4cccc5nc(-c6ccc7c8ccccc8c8ccccc8c7c6)c6c7ccccc7oc6c45)n3)cc2)cc1. The molecule has 0 N–H and O–H groups in total. The highest BCUT2D eigenvalue weighted by atomic mass is 16.3. The fourth-order valence-electron chi connectivity index (χ4n) is 8.74. The third-order valence-corrected chi connectivity index (χ3v) is 11.5. The summed E-state index contributed by atoms with van der Waals surface area (Å²) in [6.45, 7) is 0. The van der Waals surface area contributed by atoms with Gasteiger partial charge in [-0.1, -0.05) is 176 Å². The summed E-state index contributed by atoms with van der Waals surface area (Å²) in [5.74, 6) is 1.73. The van der Waals surface area contributed by atoms with E-state index >= 15 is 0 Å². The molecule has 0 atom stereocenters. The molecule has 0 aliphatic heterocycles. The van der Waals surface area contributed by atoms with Gasteiger partial charge in [0.1, 0.15) is 11.2 Å². The molecule has 12 aromatic rings. The summed E-state index contributed by atoms with van der Waals surface area (Å²) in [4.78, 5) is 20.9. The third kappa shape index (κ3) is 5.40. The van der Waals surface area contributed by atoms with E-state index < -0.39 is 0 Å². The summed E-state index contributed by atoms with van der Waals surface area (Å²) in [5.41, 5.74) is 9.15. The van der Waals surface area contributed by atoms with Gasteiger partial charge in [0.15, 0.2) is 17.5 Å². The van der Waals surface area contributed by atoms with E-state index in [4.69, 9.17) is 24.4 Å². The number of para-hydroxylation sites is 1. The number of hydrogen-bond acceptors (Lipinski definition) is 5. The normalized spacial score (nSPS) is 11.7. The molecule has 0 spiro atoms. The van der Waals surface area contributed by atoms with Gasteiger partial charge in [-0.15, -0.1) is 0 Å². The molecular formula is C54H32N4O. The van der Waals surface area contributed by atoms with Crippen LogP contribution < -0.4 is 0 Å². The number of hydrogen-bond donors (Lipinski definition) is 0. The van der Waals surface area contributed by atoms with Crippen LogP contribution in [0.1, 0.15) is 0 Å². The summed E-state index contributed by atoms with van der Waals surface area (Å²) in [5, 5.41) is 10.2. The summed E-state index contributed by atoms with van der Waals surface area (Å²) in [6.07, 6.45) is 0. The molecule has 0 fully saturated rings. The second-order valence-corrected chi connectivity index (χ2v) is 14.9. The van der Waals surface area contributed by atoms with Gasteiger partial charge in [-0.2, -0.15) is 0 Å². The van der Waals surface area contributed by atoms with Crippen molar-refractivity contribution in [3.05, 3.63) is 194 Å². The van der Waals surface area contributed by atoms with E-state index in [0.717, 1.165) is 71.9 Å². The van der Waals surface area contributed by atoms with E-state index in [-0.39, 0.29) is 0 Å². The number of benzene rings is 9. The lowest BCUT2D eigenvalue weighted by Gasteiger charge is -2.14. The highest BCUT2D eigenvalue weighted by Crippen LogP contribution is 2.44. The first-order valence-electron chi connectivity index (χ1n) is 19.8. The van der Waals surface area contributed by atoms with Crippen molar-refractivity contribution < 1.29 is 4.42 Å². The van der Waals surface area contributed by atoms with Crippen molar-refractivity contribution in [2.24, 2.45) is 0 Å².